The standard InChI is InChI=1S/C23H21F3N6O/c24-23(25,26)20-6-4-16(12-30-20)31-22(33)21(28)18-10-14(3-5-19(18)27)15-9-17(13-29-11-15)32-7-1-2-8-32/h3-6,9-13,28H,1-2,7-8,27H2,(H,31,33). The van der Waals surface area contributed by atoms with Crippen molar-refractivity contribution < 1.29 is 18.0 Å². The second-order valence-corrected chi connectivity index (χ2v) is 7.69. The van der Waals surface area contributed by atoms with Crippen LogP contribution in [-0.2, 0) is 11.0 Å². The van der Waals surface area contributed by atoms with Gasteiger partial charge in [-0.3, -0.25) is 15.2 Å². The molecule has 0 aliphatic carbocycles. The molecule has 1 aliphatic rings. The molecule has 33 heavy (non-hydrogen) atoms. The number of hydrogen-bond acceptors (Lipinski definition) is 6. The Morgan fingerprint density at radius 1 is 1.03 bits per heavy atom. The van der Waals surface area contributed by atoms with E-state index in [1.165, 1.54) is 0 Å². The Hall–Kier alpha value is -3.95. The van der Waals surface area contributed by atoms with Gasteiger partial charge >= 0.3 is 6.18 Å². The van der Waals surface area contributed by atoms with Crippen LogP contribution in [0.15, 0.2) is 55.0 Å². The summed E-state index contributed by atoms with van der Waals surface area (Å²) in [6, 6.07) is 8.87. The van der Waals surface area contributed by atoms with Crippen LogP contribution in [0.2, 0.25) is 0 Å². The lowest BCUT2D eigenvalue weighted by atomic mass is 9.99. The summed E-state index contributed by atoms with van der Waals surface area (Å²) in [6.07, 6.45) is 2.09. The largest absolute Gasteiger partial charge is 0.433 e. The van der Waals surface area contributed by atoms with Gasteiger partial charge in [-0.05, 0) is 48.7 Å². The third-order valence-electron chi connectivity index (χ3n) is 5.39. The van der Waals surface area contributed by atoms with Gasteiger partial charge in [-0.25, -0.2) is 4.98 Å². The number of nitrogen functional groups attached to an aromatic ring is 1. The van der Waals surface area contributed by atoms with Crippen molar-refractivity contribution in [1.82, 2.24) is 9.97 Å². The molecular formula is C23H21F3N6O. The van der Waals surface area contributed by atoms with E-state index < -0.39 is 23.5 Å². The van der Waals surface area contributed by atoms with Gasteiger partial charge in [0, 0.05) is 36.1 Å². The van der Waals surface area contributed by atoms with Crippen LogP contribution in [0.1, 0.15) is 24.1 Å². The van der Waals surface area contributed by atoms with Gasteiger partial charge in [-0.15, -0.1) is 0 Å². The Balaban J connectivity index is 1.54. The normalized spacial score (nSPS) is 13.7. The lowest BCUT2D eigenvalue weighted by Gasteiger charge is -2.18. The molecule has 1 saturated heterocycles. The second-order valence-electron chi connectivity index (χ2n) is 7.69. The smallest absolute Gasteiger partial charge is 0.398 e. The van der Waals surface area contributed by atoms with Gasteiger partial charge < -0.3 is 16.0 Å². The number of pyridine rings is 2. The molecule has 0 atom stereocenters. The molecule has 0 bridgehead atoms. The highest BCUT2D eigenvalue weighted by molar-refractivity contribution is 6.48. The zero-order chi connectivity index (χ0) is 23.6. The van der Waals surface area contributed by atoms with Crippen molar-refractivity contribution in [2.45, 2.75) is 19.0 Å². The number of alkyl halides is 3. The van der Waals surface area contributed by atoms with Gasteiger partial charge in [0.2, 0.25) is 0 Å². The van der Waals surface area contributed by atoms with Crippen molar-refractivity contribution in [2.75, 3.05) is 29.0 Å². The molecule has 0 radical (unpaired) electrons. The van der Waals surface area contributed by atoms with Crippen molar-refractivity contribution in [1.29, 1.82) is 5.41 Å². The summed E-state index contributed by atoms with van der Waals surface area (Å²) in [4.78, 5) is 22.4. The number of carbonyl (C=O) groups excluding carboxylic acids is 1. The fourth-order valence-electron chi connectivity index (χ4n) is 3.64. The van der Waals surface area contributed by atoms with Gasteiger partial charge in [-0.2, -0.15) is 13.2 Å². The lowest BCUT2D eigenvalue weighted by molar-refractivity contribution is -0.141. The number of nitrogens with one attached hydrogen (secondary N) is 2. The van der Waals surface area contributed by atoms with Crippen LogP contribution in [-0.4, -0.2) is 34.7 Å². The number of anilines is 3. The topological polar surface area (TPSA) is 108 Å². The highest BCUT2D eigenvalue weighted by atomic mass is 19.4. The van der Waals surface area contributed by atoms with E-state index in [2.05, 4.69) is 20.2 Å². The maximum absolute atomic E-state index is 12.7. The molecule has 170 valence electrons. The number of aromatic nitrogens is 2. The van der Waals surface area contributed by atoms with Gasteiger partial charge in [0.25, 0.3) is 5.91 Å². The van der Waals surface area contributed by atoms with E-state index in [-0.39, 0.29) is 16.9 Å². The minimum absolute atomic E-state index is 0.0370. The Bertz CT molecular complexity index is 1190. The van der Waals surface area contributed by atoms with E-state index in [0.717, 1.165) is 61.1 Å². The number of halogens is 3. The van der Waals surface area contributed by atoms with E-state index in [0.29, 0.717) is 0 Å². The second kappa shape index (κ2) is 8.89. The molecule has 0 unspecified atom stereocenters. The van der Waals surface area contributed by atoms with E-state index in [9.17, 15) is 18.0 Å². The predicted molar refractivity (Wildman–Crippen MR) is 120 cm³/mol. The van der Waals surface area contributed by atoms with Gasteiger partial charge in [0.1, 0.15) is 11.4 Å². The molecule has 0 saturated carbocycles. The minimum Gasteiger partial charge on any atom is -0.398 e. The molecule has 1 aromatic carbocycles. The van der Waals surface area contributed by atoms with Crippen molar-refractivity contribution in [3.8, 4) is 11.1 Å². The first-order chi connectivity index (χ1) is 15.7. The van der Waals surface area contributed by atoms with E-state index in [4.69, 9.17) is 11.1 Å². The van der Waals surface area contributed by atoms with E-state index in [1.807, 2.05) is 6.07 Å². The van der Waals surface area contributed by atoms with Crippen LogP contribution >= 0.6 is 0 Å². The number of hydrogen-bond donors (Lipinski definition) is 3. The van der Waals surface area contributed by atoms with Crippen molar-refractivity contribution in [2.24, 2.45) is 0 Å². The molecule has 4 N–H and O–H groups in total. The Labute approximate surface area is 188 Å². The summed E-state index contributed by atoms with van der Waals surface area (Å²) in [6.45, 7) is 1.95. The van der Waals surface area contributed by atoms with E-state index in [1.54, 1.807) is 30.6 Å². The van der Waals surface area contributed by atoms with Crippen LogP contribution in [0.25, 0.3) is 11.1 Å². The third-order valence-corrected chi connectivity index (χ3v) is 5.39. The van der Waals surface area contributed by atoms with Crippen LogP contribution in [0, 0.1) is 5.41 Å². The lowest BCUT2D eigenvalue weighted by Crippen LogP contribution is -2.24. The maximum Gasteiger partial charge on any atom is 0.433 e. The quantitative estimate of drug-likeness (QED) is 0.392. The summed E-state index contributed by atoms with van der Waals surface area (Å²) in [7, 11) is 0. The van der Waals surface area contributed by atoms with Crippen LogP contribution in [0.5, 0.6) is 0 Å². The van der Waals surface area contributed by atoms with Crippen LogP contribution < -0.4 is 16.0 Å². The molecule has 1 aliphatic heterocycles. The molecule has 2 aromatic heterocycles. The first-order valence-corrected chi connectivity index (χ1v) is 10.3. The van der Waals surface area contributed by atoms with Crippen LogP contribution in [0.3, 0.4) is 0 Å². The average molecular weight is 454 g/mol. The summed E-state index contributed by atoms with van der Waals surface area (Å²) >= 11 is 0. The SMILES string of the molecule is N=C(C(=O)Nc1ccc(C(F)(F)F)nc1)c1cc(-c2cncc(N3CCCC3)c2)ccc1N. The monoisotopic (exact) mass is 454 g/mol. The zero-order valence-electron chi connectivity index (χ0n) is 17.5. The third kappa shape index (κ3) is 4.94. The number of rotatable bonds is 5. The number of nitrogens with two attached hydrogens (primary N) is 1. The maximum atomic E-state index is 12.7. The Morgan fingerprint density at radius 3 is 2.45 bits per heavy atom. The summed E-state index contributed by atoms with van der Waals surface area (Å²) in [5, 5.41) is 10.7. The average Bonchev–Trinajstić information content (AvgIpc) is 3.34. The van der Waals surface area contributed by atoms with Crippen molar-refractivity contribution in [3.05, 3.63) is 66.2 Å². The highest BCUT2D eigenvalue weighted by Gasteiger charge is 2.32. The highest BCUT2D eigenvalue weighted by Crippen LogP contribution is 2.29. The number of carbonyl (C=O) groups is 1. The molecule has 1 fully saturated rings. The minimum atomic E-state index is -4.58. The molecule has 0 spiro atoms. The van der Waals surface area contributed by atoms with Crippen molar-refractivity contribution in [3.63, 3.8) is 0 Å². The van der Waals surface area contributed by atoms with Crippen LogP contribution in [0.4, 0.5) is 30.2 Å². The van der Waals surface area contributed by atoms with E-state index >= 15 is 0 Å². The first kappa shape index (κ1) is 22.3. The number of amides is 1. The molecule has 7 nitrogen and oxygen atoms in total. The summed E-state index contributed by atoms with van der Waals surface area (Å²) in [5.74, 6) is -0.815. The van der Waals surface area contributed by atoms with Gasteiger partial charge in [0.05, 0.1) is 23.8 Å². The molecular weight excluding hydrogens is 433 g/mol. The van der Waals surface area contributed by atoms with Crippen molar-refractivity contribution >= 4 is 28.7 Å². The molecule has 3 heterocycles. The Kier molecular flexibility index (Phi) is 5.99. The Morgan fingerprint density at radius 2 is 1.79 bits per heavy atom. The predicted octanol–water partition coefficient (Wildman–Crippen LogP) is 4.35. The summed E-state index contributed by atoms with van der Waals surface area (Å²) in [5.41, 5.74) is 7.56. The fraction of sp³-hybridized carbons (Fsp3) is 0.217. The molecule has 10 heteroatoms. The van der Waals surface area contributed by atoms with Gasteiger partial charge in [0.15, 0.2) is 0 Å². The zero-order valence-corrected chi connectivity index (χ0v) is 17.5. The first-order valence-electron chi connectivity index (χ1n) is 10.3. The molecule has 4 rings (SSSR count). The van der Waals surface area contributed by atoms with Gasteiger partial charge in [-0.1, -0.05) is 6.07 Å². The molecule has 1 amide bonds. The number of benzene rings is 1. The molecule has 3 aromatic rings. The fourth-order valence-corrected chi connectivity index (χ4v) is 3.64. The number of nitrogens with zero attached hydrogens (tertiary/aromatic N) is 3. The summed E-state index contributed by atoms with van der Waals surface area (Å²) < 4.78 is 38.0.